The molecule has 1 saturated carbocycles. The number of anilines is 1. The Balaban J connectivity index is 1.71. The lowest BCUT2D eigenvalue weighted by atomic mass is 9.80. The van der Waals surface area contributed by atoms with Crippen LogP contribution in [0.25, 0.3) is 16.3 Å². The third kappa shape index (κ3) is 4.14. The van der Waals surface area contributed by atoms with E-state index < -0.39 is 0 Å². The summed E-state index contributed by atoms with van der Waals surface area (Å²) >= 11 is 0. The van der Waals surface area contributed by atoms with Gasteiger partial charge in [-0.05, 0) is 89.3 Å². The maximum absolute atomic E-state index is 4.11. The first kappa shape index (κ1) is 22.0. The zero-order valence-corrected chi connectivity index (χ0v) is 20.2. The van der Waals surface area contributed by atoms with E-state index in [0.29, 0.717) is 5.92 Å². The summed E-state index contributed by atoms with van der Waals surface area (Å²) in [5.41, 5.74) is 7.50. The van der Waals surface area contributed by atoms with Gasteiger partial charge in [-0.2, -0.15) is 0 Å². The molecule has 0 aromatic heterocycles. The van der Waals surface area contributed by atoms with Gasteiger partial charge in [-0.25, -0.2) is 0 Å². The maximum atomic E-state index is 4.11. The molecular weight excluding hydrogens is 398 g/mol. The lowest BCUT2D eigenvalue weighted by Crippen LogP contribution is -2.40. The van der Waals surface area contributed by atoms with Crippen molar-refractivity contribution >= 4 is 22.0 Å². The summed E-state index contributed by atoms with van der Waals surface area (Å²) in [5, 5.41) is 6.78. The summed E-state index contributed by atoms with van der Waals surface area (Å²) in [5.74, 6) is 0.663. The van der Waals surface area contributed by atoms with Gasteiger partial charge in [0.2, 0.25) is 0 Å². The first-order chi connectivity index (χ1) is 16.2. The van der Waals surface area contributed by atoms with Gasteiger partial charge in [-0.1, -0.05) is 93.8 Å². The lowest BCUT2D eigenvalue weighted by molar-refractivity contribution is 0.457. The van der Waals surface area contributed by atoms with Gasteiger partial charge in [0.1, 0.15) is 0 Å². The highest BCUT2D eigenvalue weighted by Crippen LogP contribution is 2.57. The van der Waals surface area contributed by atoms with Crippen LogP contribution in [0.2, 0.25) is 0 Å². The van der Waals surface area contributed by atoms with Crippen molar-refractivity contribution in [3.8, 4) is 0 Å². The molecule has 0 spiro atoms. The molecule has 1 N–H and O–H groups in total. The summed E-state index contributed by atoms with van der Waals surface area (Å²) in [6.07, 6.45) is 12.4. The molecule has 1 fully saturated rings. The quantitative estimate of drug-likeness (QED) is 0.372. The van der Waals surface area contributed by atoms with Crippen LogP contribution in [-0.4, -0.2) is 5.54 Å². The predicted molar refractivity (Wildman–Crippen MR) is 144 cm³/mol. The number of rotatable bonds is 8. The smallest absolute Gasteiger partial charge is 0.0665 e. The van der Waals surface area contributed by atoms with Crippen LogP contribution in [0.3, 0.4) is 0 Å². The van der Waals surface area contributed by atoms with Crippen LogP contribution in [0.15, 0.2) is 90.0 Å². The Hall–Kier alpha value is -2.80. The SMILES string of the molecule is CCC/C=C(\CCC)C1=C(c2ccc3ccccc3c2)[C@]2(Nc3ccccc3)CCC[C@@H]2C1. The van der Waals surface area contributed by atoms with E-state index >= 15 is 0 Å². The number of nitrogens with one attached hydrogen (secondary N) is 1. The Morgan fingerprint density at radius 2 is 1.73 bits per heavy atom. The number of benzene rings is 3. The monoisotopic (exact) mass is 435 g/mol. The molecule has 170 valence electrons. The molecule has 5 rings (SSSR count). The zero-order valence-electron chi connectivity index (χ0n) is 20.2. The van der Waals surface area contributed by atoms with Crippen LogP contribution in [0.4, 0.5) is 5.69 Å². The molecule has 0 heterocycles. The zero-order chi connectivity index (χ0) is 22.7. The van der Waals surface area contributed by atoms with Crippen molar-refractivity contribution in [3.63, 3.8) is 0 Å². The highest BCUT2D eigenvalue weighted by molar-refractivity contribution is 5.91. The summed E-state index contributed by atoms with van der Waals surface area (Å²) in [6, 6.07) is 26.8. The minimum absolute atomic E-state index is 0.0260. The second-order valence-electron chi connectivity index (χ2n) is 9.94. The van der Waals surface area contributed by atoms with Gasteiger partial charge in [0.25, 0.3) is 0 Å². The normalized spacial score (nSPS) is 22.7. The Kier molecular flexibility index (Phi) is 6.40. The van der Waals surface area contributed by atoms with Crippen molar-refractivity contribution in [1.29, 1.82) is 0 Å². The predicted octanol–water partition coefficient (Wildman–Crippen LogP) is 9.17. The van der Waals surface area contributed by atoms with Gasteiger partial charge in [0.05, 0.1) is 5.54 Å². The van der Waals surface area contributed by atoms with E-state index in [0.717, 1.165) is 0 Å². The molecule has 33 heavy (non-hydrogen) atoms. The number of para-hydroxylation sites is 1. The van der Waals surface area contributed by atoms with Crippen LogP contribution >= 0.6 is 0 Å². The second-order valence-corrected chi connectivity index (χ2v) is 9.94. The number of hydrogen-bond acceptors (Lipinski definition) is 1. The van der Waals surface area contributed by atoms with E-state index in [1.165, 1.54) is 73.4 Å². The molecule has 1 heteroatoms. The average molecular weight is 436 g/mol. The van der Waals surface area contributed by atoms with Crippen LogP contribution < -0.4 is 5.32 Å². The first-order valence-corrected chi connectivity index (χ1v) is 13.0. The lowest BCUT2D eigenvalue weighted by Gasteiger charge is -2.36. The molecule has 1 nitrogen and oxygen atoms in total. The standard InChI is InChI=1S/C32H37N/c1-3-5-13-25(12-4-2)30-23-28-16-11-21-32(28,33-29-17-7-6-8-18-29)31(30)27-20-19-24-14-9-10-15-26(24)22-27/h6-10,13-15,17-20,22,28,33H,3-5,11-12,16,21,23H2,1-2H3/b25-13+/t28-,32+/m1/s1. The van der Waals surface area contributed by atoms with Gasteiger partial charge in [-0.3, -0.25) is 0 Å². The van der Waals surface area contributed by atoms with Crippen LogP contribution in [-0.2, 0) is 0 Å². The molecule has 0 radical (unpaired) electrons. The van der Waals surface area contributed by atoms with Gasteiger partial charge in [0.15, 0.2) is 0 Å². The Bertz CT molecular complexity index is 1170. The molecule has 2 aliphatic rings. The van der Waals surface area contributed by atoms with Crippen molar-refractivity contribution in [2.24, 2.45) is 5.92 Å². The van der Waals surface area contributed by atoms with E-state index in [-0.39, 0.29) is 5.54 Å². The molecular formula is C32H37N. The van der Waals surface area contributed by atoms with Gasteiger partial charge in [0, 0.05) is 5.69 Å². The number of allylic oxidation sites excluding steroid dienone is 3. The van der Waals surface area contributed by atoms with Crippen molar-refractivity contribution in [3.05, 3.63) is 95.6 Å². The van der Waals surface area contributed by atoms with Crippen molar-refractivity contribution < 1.29 is 0 Å². The molecule has 3 aromatic carbocycles. The average Bonchev–Trinajstić information content (AvgIpc) is 3.37. The molecule has 0 saturated heterocycles. The summed E-state index contributed by atoms with van der Waals surface area (Å²) in [7, 11) is 0. The molecule has 2 atom stereocenters. The number of hydrogen-bond donors (Lipinski definition) is 1. The van der Waals surface area contributed by atoms with Crippen molar-refractivity contribution in [1.82, 2.24) is 0 Å². The van der Waals surface area contributed by atoms with Crippen LogP contribution in [0.1, 0.15) is 70.8 Å². The minimum Gasteiger partial charge on any atom is -0.375 e. The minimum atomic E-state index is 0.0260. The Morgan fingerprint density at radius 3 is 2.52 bits per heavy atom. The fraction of sp³-hybridized carbons (Fsp3) is 0.375. The molecule has 0 aliphatic heterocycles. The molecule has 0 amide bonds. The fourth-order valence-electron chi connectivity index (χ4n) is 6.34. The summed E-state index contributed by atoms with van der Waals surface area (Å²) in [4.78, 5) is 0. The number of fused-ring (bicyclic) bond motifs is 2. The molecule has 3 aromatic rings. The number of unbranched alkanes of at least 4 members (excludes halogenated alkanes) is 1. The van der Waals surface area contributed by atoms with Gasteiger partial charge in [-0.15, -0.1) is 0 Å². The van der Waals surface area contributed by atoms with E-state index in [1.54, 1.807) is 16.7 Å². The topological polar surface area (TPSA) is 12.0 Å². The van der Waals surface area contributed by atoms with Crippen molar-refractivity contribution in [2.75, 3.05) is 5.32 Å². The van der Waals surface area contributed by atoms with E-state index in [2.05, 4.69) is 98.0 Å². The van der Waals surface area contributed by atoms with Crippen LogP contribution in [0, 0.1) is 5.92 Å². The summed E-state index contributed by atoms with van der Waals surface area (Å²) < 4.78 is 0. The van der Waals surface area contributed by atoms with E-state index in [4.69, 9.17) is 0 Å². The summed E-state index contributed by atoms with van der Waals surface area (Å²) in [6.45, 7) is 4.62. The highest BCUT2D eigenvalue weighted by atomic mass is 15.0. The molecule has 0 unspecified atom stereocenters. The van der Waals surface area contributed by atoms with E-state index in [9.17, 15) is 0 Å². The largest absolute Gasteiger partial charge is 0.375 e. The first-order valence-electron chi connectivity index (χ1n) is 13.0. The maximum Gasteiger partial charge on any atom is 0.0665 e. The van der Waals surface area contributed by atoms with Gasteiger partial charge < -0.3 is 5.32 Å². The Labute approximate surface area is 199 Å². The van der Waals surface area contributed by atoms with Crippen molar-refractivity contribution in [2.45, 2.75) is 70.8 Å². The van der Waals surface area contributed by atoms with Gasteiger partial charge >= 0.3 is 0 Å². The third-order valence-corrected chi connectivity index (χ3v) is 7.78. The molecule has 0 bridgehead atoms. The van der Waals surface area contributed by atoms with Crippen LogP contribution in [0.5, 0.6) is 0 Å². The third-order valence-electron chi connectivity index (χ3n) is 7.78. The second kappa shape index (κ2) is 9.59. The highest BCUT2D eigenvalue weighted by Gasteiger charge is 2.51. The Morgan fingerprint density at radius 1 is 0.939 bits per heavy atom. The fourth-order valence-corrected chi connectivity index (χ4v) is 6.34. The van der Waals surface area contributed by atoms with E-state index in [1.807, 2.05) is 0 Å². The molecule has 2 aliphatic carbocycles.